The van der Waals surface area contributed by atoms with Crippen molar-refractivity contribution in [2.24, 2.45) is 0 Å². The third kappa shape index (κ3) is 3.43. The number of benzene rings is 1. The lowest BCUT2D eigenvalue weighted by Crippen LogP contribution is -2.31. The Morgan fingerprint density at radius 2 is 2.26 bits per heavy atom. The van der Waals surface area contributed by atoms with Crippen LogP contribution in [0.15, 0.2) is 35.5 Å². The van der Waals surface area contributed by atoms with E-state index >= 15 is 0 Å². The molecule has 0 aromatic heterocycles. The molecule has 1 aliphatic rings. The molecule has 0 saturated heterocycles. The van der Waals surface area contributed by atoms with Gasteiger partial charge in [0.25, 0.3) is 0 Å². The van der Waals surface area contributed by atoms with Crippen LogP contribution >= 0.6 is 11.6 Å². The molecule has 0 atom stereocenters. The van der Waals surface area contributed by atoms with E-state index in [0.29, 0.717) is 10.5 Å². The van der Waals surface area contributed by atoms with E-state index in [1.807, 2.05) is 25.1 Å². The SMILES string of the molecule is [B]c1ccc(/C(=C/C)NC2=C(C)CCNC2)c(Cl)c1. The van der Waals surface area contributed by atoms with Gasteiger partial charge in [-0.15, -0.1) is 0 Å². The molecule has 0 fully saturated rings. The number of halogens is 1. The van der Waals surface area contributed by atoms with Gasteiger partial charge in [-0.3, -0.25) is 0 Å². The highest BCUT2D eigenvalue weighted by atomic mass is 35.5. The molecule has 1 aromatic rings. The van der Waals surface area contributed by atoms with E-state index < -0.39 is 0 Å². The Kier molecular flexibility index (Phi) is 4.73. The Morgan fingerprint density at radius 3 is 2.89 bits per heavy atom. The van der Waals surface area contributed by atoms with Gasteiger partial charge in [0.2, 0.25) is 0 Å². The van der Waals surface area contributed by atoms with Gasteiger partial charge in [-0.25, -0.2) is 0 Å². The molecule has 2 nitrogen and oxygen atoms in total. The Balaban J connectivity index is 2.26. The van der Waals surface area contributed by atoms with Crippen molar-refractivity contribution in [2.45, 2.75) is 20.3 Å². The molecule has 0 aliphatic carbocycles. The minimum Gasteiger partial charge on any atom is -0.358 e. The van der Waals surface area contributed by atoms with Gasteiger partial charge in [0.1, 0.15) is 7.85 Å². The first-order chi connectivity index (χ1) is 9.11. The lowest BCUT2D eigenvalue weighted by Gasteiger charge is -2.22. The van der Waals surface area contributed by atoms with Gasteiger partial charge in [-0.1, -0.05) is 40.8 Å². The summed E-state index contributed by atoms with van der Waals surface area (Å²) < 4.78 is 0. The summed E-state index contributed by atoms with van der Waals surface area (Å²) in [5, 5.41) is 7.52. The molecule has 2 N–H and O–H groups in total. The molecule has 2 radical (unpaired) electrons. The highest BCUT2D eigenvalue weighted by Gasteiger charge is 2.12. The first kappa shape index (κ1) is 14.2. The summed E-state index contributed by atoms with van der Waals surface area (Å²) in [4.78, 5) is 0. The van der Waals surface area contributed by atoms with Gasteiger partial charge in [0.05, 0.1) is 0 Å². The van der Waals surface area contributed by atoms with E-state index in [1.54, 1.807) is 6.07 Å². The maximum atomic E-state index is 6.26. The highest BCUT2D eigenvalue weighted by Crippen LogP contribution is 2.23. The van der Waals surface area contributed by atoms with Crippen molar-refractivity contribution in [3.63, 3.8) is 0 Å². The van der Waals surface area contributed by atoms with Crippen molar-refractivity contribution in [2.75, 3.05) is 13.1 Å². The second-order valence-electron chi connectivity index (χ2n) is 4.75. The van der Waals surface area contributed by atoms with E-state index in [0.717, 1.165) is 30.8 Å². The van der Waals surface area contributed by atoms with Gasteiger partial charge in [0, 0.05) is 28.5 Å². The average molecular weight is 273 g/mol. The van der Waals surface area contributed by atoms with E-state index in [-0.39, 0.29) is 0 Å². The van der Waals surface area contributed by atoms with Crippen molar-refractivity contribution >= 4 is 30.6 Å². The second-order valence-corrected chi connectivity index (χ2v) is 5.16. The van der Waals surface area contributed by atoms with Crippen LogP contribution in [0.5, 0.6) is 0 Å². The third-order valence-electron chi connectivity index (χ3n) is 3.35. The predicted octanol–water partition coefficient (Wildman–Crippen LogP) is 2.35. The van der Waals surface area contributed by atoms with Crippen molar-refractivity contribution in [3.8, 4) is 0 Å². The van der Waals surface area contributed by atoms with Crippen LogP contribution in [0, 0.1) is 0 Å². The van der Waals surface area contributed by atoms with Gasteiger partial charge < -0.3 is 10.6 Å². The molecule has 1 aliphatic heterocycles. The Morgan fingerprint density at radius 1 is 1.47 bits per heavy atom. The summed E-state index contributed by atoms with van der Waals surface area (Å²) >= 11 is 6.26. The van der Waals surface area contributed by atoms with Gasteiger partial charge in [-0.2, -0.15) is 0 Å². The molecule has 0 amide bonds. The monoisotopic (exact) mass is 272 g/mol. The molecule has 2 rings (SSSR count). The smallest absolute Gasteiger partial charge is 0.113 e. The van der Waals surface area contributed by atoms with Crippen molar-refractivity contribution in [1.29, 1.82) is 0 Å². The van der Waals surface area contributed by atoms with Crippen LogP contribution in [0.3, 0.4) is 0 Å². The lowest BCUT2D eigenvalue weighted by atomic mass is 9.94. The first-order valence-corrected chi connectivity index (χ1v) is 6.87. The zero-order chi connectivity index (χ0) is 13.8. The molecular formula is C15H18BClN2. The quantitative estimate of drug-likeness (QED) is 0.826. The number of hydrogen-bond acceptors (Lipinski definition) is 2. The third-order valence-corrected chi connectivity index (χ3v) is 3.66. The fourth-order valence-corrected chi connectivity index (χ4v) is 2.44. The second kappa shape index (κ2) is 6.31. The van der Waals surface area contributed by atoms with E-state index in [1.165, 1.54) is 11.3 Å². The molecular weight excluding hydrogens is 254 g/mol. The highest BCUT2D eigenvalue weighted by molar-refractivity contribution is 6.37. The van der Waals surface area contributed by atoms with Crippen LogP contribution in [0.1, 0.15) is 25.8 Å². The topological polar surface area (TPSA) is 24.1 Å². The Bertz CT molecular complexity index is 535. The molecule has 19 heavy (non-hydrogen) atoms. The molecule has 98 valence electrons. The first-order valence-electron chi connectivity index (χ1n) is 6.50. The van der Waals surface area contributed by atoms with Gasteiger partial charge in [-0.05, 0) is 32.9 Å². The average Bonchev–Trinajstić information content (AvgIpc) is 2.39. The molecule has 1 heterocycles. The molecule has 0 unspecified atom stereocenters. The van der Waals surface area contributed by atoms with E-state index in [4.69, 9.17) is 19.4 Å². The van der Waals surface area contributed by atoms with Crippen molar-refractivity contribution in [1.82, 2.24) is 10.6 Å². The van der Waals surface area contributed by atoms with Crippen LogP contribution in [-0.4, -0.2) is 20.9 Å². The van der Waals surface area contributed by atoms with Gasteiger partial charge in [0.15, 0.2) is 0 Å². The largest absolute Gasteiger partial charge is 0.358 e. The number of hydrogen-bond donors (Lipinski definition) is 2. The van der Waals surface area contributed by atoms with Gasteiger partial charge >= 0.3 is 0 Å². The Hall–Kier alpha value is -1.19. The number of allylic oxidation sites excluding steroid dienone is 1. The van der Waals surface area contributed by atoms with Crippen LogP contribution in [0.2, 0.25) is 5.02 Å². The van der Waals surface area contributed by atoms with Crippen LogP contribution in [-0.2, 0) is 0 Å². The Labute approximate surface area is 121 Å². The zero-order valence-electron chi connectivity index (χ0n) is 11.4. The molecule has 4 heteroatoms. The normalized spacial score (nSPS) is 16.7. The summed E-state index contributed by atoms with van der Waals surface area (Å²) in [6.07, 6.45) is 3.11. The number of rotatable bonds is 3. The van der Waals surface area contributed by atoms with E-state index in [2.05, 4.69) is 17.6 Å². The molecule has 0 saturated carbocycles. The van der Waals surface area contributed by atoms with Crippen LogP contribution < -0.4 is 16.1 Å². The minimum atomic E-state index is 0.669. The fourth-order valence-electron chi connectivity index (χ4n) is 2.15. The predicted molar refractivity (Wildman–Crippen MR) is 83.8 cm³/mol. The van der Waals surface area contributed by atoms with Crippen molar-refractivity contribution < 1.29 is 0 Å². The van der Waals surface area contributed by atoms with Crippen LogP contribution in [0.25, 0.3) is 5.70 Å². The zero-order valence-corrected chi connectivity index (χ0v) is 12.1. The maximum absolute atomic E-state index is 6.26. The molecule has 0 bridgehead atoms. The summed E-state index contributed by atoms with van der Waals surface area (Å²) in [5.41, 5.74) is 5.29. The van der Waals surface area contributed by atoms with E-state index in [9.17, 15) is 0 Å². The summed E-state index contributed by atoms with van der Waals surface area (Å²) in [6.45, 7) is 6.09. The number of nitrogens with one attached hydrogen (secondary N) is 2. The minimum absolute atomic E-state index is 0.669. The molecule has 1 aromatic carbocycles. The summed E-state index contributed by atoms with van der Waals surface area (Å²) in [7, 11) is 5.73. The lowest BCUT2D eigenvalue weighted by molar-refractivity contribution is 0.655. The fraction of sp³-hybridized carbons (Fsp3) is 0.333. The maximum Gasteiger partial charge on any atom is 0.113 e. The summed E-state index contributed by atoms with van der Waals surface area (Å²) in [5.74, 6) is 0. The van der Waals surface area contributed by atoms with Crippen molar-refractivity contribution in [3.05, 3.63) is 46.1 Å². The standard InChI is InChI=1S/C15H18BClN2/c1-3-14(12-5-4-11(16)8-13(12)17)19-15-9-18-7-6-10(15)2/h3-5,8,18-19H,6-7,9H2,1-2H3/b14-3-. The summed E-state index contributed by atoms with van der Waals surface area (Å²) in [6, 6.07) is 5.60. The molecule has 0 spiro atoms. The van der Waals surface area contributed by atoms with Crippen LogP contribution in [0.4, 0.5) is 0 Å².